The van der Waals surface area contributed by atoms with E-state index in [0.29, 0.717) is 10.6 Å². The molecule has 94 valence electrons. The molecule has 0 amide bonds. The van der Waals surface area contributed by atoms with Crippen molar-refractivity contribution in [2.45, 2.75) is 10.9 Å². The van der Waals surface area contributed by atoms with E-state index >= 15 is 0 Å². The third-order valence-corrected chi connectivity index (χ3v) is 3.67. The minimum absolute atomic E-state index is 0.0586. The maximum absolute atomic E-state index is 13.5. The van der Waals surface area contributed by atoms with E-state index in [1.165, 1.54) is 17.8 Å². The Kier molecular flexibility index (Phi) is 4.66. The molecule has 1 aromatic carbocycles. The normalized spacial score (nSPS) is 12.3. The summed E-state index contributed by atoms with van der Waals surface area (Å²) in [5.41, 5.74) is 0.865. The predicted molar refractivity (Wildman–Crippen MR) is 71.0 cm³/mol. The summed E-state index contributed by atoms with van der Waals surface area (Å²) in [6.45, 7) is 0. The van der Waals surface area contributed by atoms with E-state index in [9.17, 15) is 4.39 Å². The van der Waals surface area contributed by atoms with E-state index in [1.807, 2.05) is 13.1 Å². The van der Waals surface area contributed by atoms with Gasteiger partial charge >= 0.3 is 0 Å². The zero-order chi connectivity index (χ0) is 12.8. The summed E-state index contributed by atoms with van der Waals surface area (Å²) in [6.07, 6.45) is 5.02. The van der Waals surface area contributed by atoms with Crippen molar-refractivity contribution in [2.75, 3.05) is 12.8 Å². The van der Waals surface area contributed by atoms with Crippen LogP contribution in [0.3, 0.4) is 0 Å². The second kappa shape index (κ2) is 6.47. The number of halogens is 1. The van der Waals surface area contributed by atoms with Crippen LogP contribution in [-0.2, 0) is 0 Å². The summed E-state index contributed by atoms with van der Waals surface area (Å²) in [6, 6.07) is 6.84. The minimum atomic E-state index is -0.184. The Morgan fingerprint density at radius 1 is 1.33 bits per heavy atom. The van der Waals surface area contributed by atoms with E-state index in [1.54, 1.807) is 30.7 Å². The summed E-state index contributed by atoms with van der Waals surface area (Å²) >= 11 is 1.47. The topological polar surface area (TPSA) is 37.8 Å². The van der Waals surface area contributed by atoms with Crippen molar-refractivity contribution in [3.8, 4) is 0 Å². The van der Waals surface area contributed by atoms with Crippen molar-refractivity contribution < 1.29 is 4.39 Å². The number of benzene rings is 1. The molecular formula is C13H14FN3S. The molecule has 5 heteroatoms. The molecule has 0 bridgehead atoms. The highest BCUT2D eigenvalue weighted by Crippen LogP contribution is 2.25. The monoisotopic (exact) mass is 263 g/mol. The number of aromatic nitrogens is 2. The molecule has 1 atom stereocenters. The van der Waals surface area contributed by atoms with Crippen LogP contribution in [0, 0.1) is 5.82 Å². The summed E-state index contributed by atoms with van der Waals surface area (Å²) in [4.78, 5) is 8.95. The summed E-state index contributed by atoms with van der Waals surface area (Å²) in [7, 11) is 1.86. The number of thioether (sulfide) groups is 1. The summed E-state index contributed by atoms with van der Waals surface area (Å²) in [5, 5.41) is 3.16. The first-order valence-corrected chi connectivity index (χ1v) is 6.60. The van der Waals surface area contributed by atoms with Crippen LogP contribution < -0.4 is 5.32 Å². The fourth-order valence-electron chi connectivity index (χ4n) is 1.54. The van der Waals surface area contributed by atoms with Gasteiger partial charge in [-0.25, -0.2) is 4.39 Å². The fourth-order valence-corrected chi connectivity index (χ4v) is 2.61. The van der Waals surface area contributed by atoms with Crippen LogP contribution in [0.5, 0.6) is 0 Å². The first-order chi connectivity index (χ1) is 8.81. The van der Waals surface area contributed by atoms with Crippen molar-refractivity contribution in [3.63, 3.8) is 0 Å². The van der Waals surface area contributed by atoms with Crippen molar-refractivity contribution in [2.24, 2.45) is 0 Å². The van der Waals surface area contributed by atoms with Gasteiger partial charge in [0, 0.05) is 29.2 Å². The second-order valence-corrected chi connectivity index (χ2v) is 4.77. The molecule has 2 rings (SSSR count). The van der Waals surface area contributed by atoms with Crippen LogP contribution in [0.15, 0.2) is 47.8 Å². The average Bonchev–Trinajstić information content (AvgIpc) is 2.42. The molecule has 0 saturated carbocycles. The van der Waals surface area contributed by atoms with Crippen LogP contribution in [-0.4, -0.2) is 22.8 Å². The molecule has 1 aromatic heterocycles. The predicted octanol–water partition coefficient (Wildman–Crippen LogP) is 2.67. The second-order valence-electron chi connectivity index (χ2n) is 3.71. The SMILES string of the molecule is CNC(CSc1ccccc1F)c1cnccn1. The molecule has 0 radical (unpaired) electrons. The van der Waals surface area contributed by atoms with Crippen LogP contribution in [0.4, 0.5) is 4.39 Å². The Labute approximate surface area is 110 Å². The lowest BCUT2D eigenvalue weighted by Gasteiger charge is -2.14. The first-order valence-electron chi connectivity index (χ1n) is 5.61. The van der Waals surface area contributed by atoms with Gasteiger partial charge in [-0.05, 0) is 19.2 Å². The molecule has 0 aliphatic heterocycles. The van der Waals surface area contributed by atoms with Crippen molar-refractivity contribution >= 4 is 11.8 Å². The molecule has 18 heavy (non-hydrogen) atoms. The molecule has 2 aromatic rings. The van der Waals surface area contributed by atoms with Gasteiger partial charge in [0.05, 0.1) is 11.7 Å². The highest BCUT2D eigenvalue weighted by molar-refractivity contribution is 7.99. The zero-order valence-electron chi connectivity index (χ0n) is 10.0. The fraction of sp³-hybridized carbons (Fsp3) is 0.231. The molecule has 3 nitrogen and oxygen atoms in total. The van der Waals surface area contributed by atoms with Gasteiger partial charge in [0.15, 0.2) is 0 Å². The maximum Gasteiger partial charge on any atom is 0.136 e. The molecule has 1 unspecified atom stereocenters. The highest BCUT2D eigenvalue weighted by Gasteiger charge is 2.12. The molecule has 0 fully saturated rings. The quantitative estimate of drug-likeness (QED) is 0.842. The third kappa shape index (κ3) is 3.27. The smallest absolute Gasteiger partial charge is 0.136 e. The minimum Gasteiger partial charge on any atom is -0.311 e. The Morgan fingerprint density at radius 2 is 2.17 bits per heavy atom. The lowest BCUT2D eigenvalue weighted by atomic mass is 10.2. The van der Waals surface area contributed by atoms with E-state index in [4.69, 9.17) is 0 Å². The van der Waals surface area contributed by atoms with Gasteiger partial charge in [0.1, 0.15) is 5.82 Å². The van der Waals surface area contributed by atoms with E-state index < -0.39 is 0 Å². The summed E-state index contributed by atoms with van der Waals surface area (Å²) in [5.74, 6) is 0.521. The van der Waals surface area contributed by atoms with Crippen LogP contribution in [0.1, 0.15) is 11.7 Å². The van der Waals surface area contributed by atoms with Gasteiger partial charge in [-0.3, -0.25) is 9.97 Å². The Hall–Kier alpha value is -1.46. The average molecular weight is 263 g/mol. The molecule has 1 heterocycles. The number of rotatable bonds is 5. The lowest BCUT2D eigenvalue weighted by molar-refractivity contribution is 0.600. The number of hydrogen-bond acceptors (Lipinski definition) is 4. The van der Waals surface area contributed by atoms with Crippen LogP contribution >= 0.6 is 11.8 Å². The summed E-state index contributed by atoms with van der Waals surface area (Å²) < 4.78 is 13.5. The molecular weight excluding hydrogens is 249 g/mol. The lowest BCUT2D eigenvalue weighted by Crippen LogP contribution is -2.20. The van der Waals surface area contributed by atoms with Gasteiger partial charge < -0.3 is 5.32 Å². The molecule has 0 saturated heterocycles. The van der Waals surface area contributed by atoms with Crippen LogP contribution in [0.2, 0.25) is 0 Å². The Bertz CT molecular complexity index is 493. The van der Waals surface area contributed by atoms with E-state index in [-0.39, 0.29) is 11.9 Å². The number of hydrogen-bond donors (Lipinski definition) is 1. The van der Waals surface area contributed by atoms with Gasteiger partial charge in [-0.2, -0.15) is 0 Å². The van der Waals surface area contributed by atoms with Gasteiger partial charge in [-0.1, -0.05) is 12.1 Å². The molecule has 0 aliphatic carbocycles. The van der Waals surface area contributed by atoms with Gasteiger partial charge in [-0.15, -0.1) is 11.8 Å². The van der Waals surface area contributed by atoms with Crippen molar-refractivity contribution in [1.29, 1.82) is 0 Å². The molecule has 0 aliphatic rings. The molecule has 0 spiro atoms. The zero-order valence-corrected chi connectivity index (χ0v) is 10.8. The third-order valence-electron chi connectivity index (χ3n) is 2.53. The van der Waals surface area contributed by atoms with Crippen molar-refractivity contribution in [1.82, 2.24) is 15.3 Å². The van der Waals surface area contributed by atoms with E-state index in [2.05, 4.69) is 15.3 Å². The highest BCUT2D eigenvalue weighted by atomic mass is 32.2. The maximum atomic E-state index is 13.5. The van der Waals surface area contributed by atoms with Crippen LogP contribution in [0.25, 0.3) is 0 Å². The Balaban J connectivity index is 2.02. The number of nitrogens with zero attached hydrogens (tertiary/aromatic N) is 2. The molecule has 1 N–H and O–H groups in total. The largest absolute Gasteiger partial charge is 0.311 e. The van der Waals surface area contributed by atoms with E-state index in [0.717, 1.165) is 5.69 Å². The first kappa shape index (κ1) is 13.0. The number of nitrogens with one attached hydrogen (secondary N) is 1. The van der Waals surface area contributed by atoms with Crippen molar-refractivity contribution in [3.05, 3.63) is 54.4 Å². The van der Waals surface area contributed by atoms with Gasteiger partial charge in [0.25, 0.3) is 0 Å². The van der Waals surface area contributed by atoms with Gasteiger partial charge in [0.2, 0.25) is 0 Å². The Morgan fingerprint density at radius 3 is 2.83 bits per heavy atom. The standard InChI is InChI=1S/C13H14FN3S/c1-15-12(11-8-16-6-7-17-11)9-18-13-5-3-2-4-10(13)14/h2-8,12,15H,9H2,1H3.